The highest BCUT2D eigenvalue weighted by atomic mass is 127. The third-order valence-electron chi connectivity index (χ3n) is 1.98. The number of alkyl halides is 1. The van der Waals surface area contributed by atoms with E-state index in [0.29, 0.717) is 12.5 Å². The predicted octanol–water partition coefficient (Wildman–Crippen LogP) is 0.159. The lowest BCUT2D eigenvalue weighted by molar-refractivity contribution is -0.155. The van der Waals surface area contributed by atoms with E-state index < -0.39 is 0 Å². The predicted molar refractivity (Wildman–Crippen MR) is 53.7 cm³/mol. The smallest absolute Gasteiger partial charge is 0.236 e. The Labute approximate surface area is 85.5 Å². The minimum absolute atomic E-state index is 0.307. The molecule has 12 heavy (non-hydrogen) atoms. The molecule has 1 aliphatic heterocycles. The molecule has 4 nitrogen and oxygen atoms in total. The highest BCUT2D eigenvalue weighted by molar-refractivity contribution is 14.1. The molecule has 0 aromatic carbocycles. The van der Waals surface area contributed by atoms with E-state index in [1.807, 2.05) is 0 Å². The lowest BCUT2D eigenvalue weighted by Crippen LogP contribution is -2.40. The Morgan fingerprint density at radius 1 is 1.92 bits per heavy atom. The number of nitrogens with two attached hydrogens (primary N) is 1. The monoisotopic (exact) mass is 284 g/mol. The number of amides is 1. The van der Waals surface area contributed by atoms with Crippen molar-refractivity contribution in [2.24, 2.45) is 11.7 Å². The normalized spacial score (nSPS) is 27.3. The van der Waals surface area contributed by atoms with Crippen molar-refractivity contribution in [1.29, 1.82) is 0 Å². The van der Waals surface area contributed by atoms with Crippen molar-refractivity contribution in [3.63, 3.8) is 0 Å². The number of nitrogens with zero attached hydrogens (tertiary/aromatic N) is 1. The van der Waals surface area contributed by atoms with E-state index >= 15 is 0 Å². The van der Waals surface area contributed by atoms with Crippen LogP contribution in [0.4, 0.5) is 0 Å². The molecule has 1 heterocycles. The summed E-state index contributed by atoms with van der Waals surface area (Å²) in [5, 5.41) is 1.67. The highest BCUT2D eigenvalue weighted by Crippen LogP contribution is 2.16. The Morgan fingerprint density at radius 2 is 2.58 bits per heavy atom. The average Bonchev–Trinajstić information content (AvgIpc) is 2.50. The van der Waals surface area contributed by atoms with Crippen molar-refractivity contribution in [3.8, 4) is 0 Å². The molecular weight excluding hydrogens is 271 g/mol. The second-order valence-corrected chi connectivity index (χ2v) is 3.87. The first-order chi connectivity index (χ1) is 5.65. The van der Waals surface area contributed by atoms with E-state index in [2.05, 4.69) is 22.6 Å². The lowest BCUT2D eigenvalue weighted by Gasteiger charge is -2.18. The van der Waals surface area contributed by atoms with Gasteiger partial charge in [-0.1, -0.05) is 22.6 Å². The Balaban J connectivity index is 2.41. The van der Waals surface area contributed by atoms with Crippen LogP contribution >= 0.6 is 22.6 Å². The second-order valence-electron chi connectivity index (χ2n) is 2.99. The Morgan fingerprint density at radius 3 is 3.00 bits per heavy atom. The molecule has 1 saturated heterocycles. The summed E-state index contributed by atoms with van der Waals surface area (Å²) in [6, 6.07) is -0.307. The number of hydrogen-bond acceptors (Lipinski definition) is 3. The van der Waals surface area contributed by atoms with Crippen LogP contribution < -0.4 is 5.73 Å². The molecule has 0 saturated carbocycles. The van der Waals surface area contributed by atoms with E-state index in [1.54, 1.807) is 12.0 Å². The van der Waals surface area contributed by atoms with Gasteiger partial charge in [0.1, 0.15) is 6.04 Å². The van der Waals surface area contributed by atoms with Gasteiger partial charge in [0.15, 0.2) is 0 Å². The maximum Gasteiger partial charge on any atom is 0.236 e. The quantitative estimate of drug-likeness (QED) is 0.593. The summed E-state index contributed by atoms with van der Waals surface area (Å²) in [6.45, 7) is 3.28. The highest BCUT2D eigenvalue weighted by Gasteiger charge is 2.28. The standard InChI is InChI=1S/C7H13IN2O2/c1-5(7(9)11)10-3-6(2-8)4-12-10/h5-6H,2-4H2,1H3,(H2,9,11)/t5-,6+/m0/s1. The van der Waals surface area contributed by atoms with Crippen LogP contribution in [0.1, 0.15) is 6.92 Å². The maximum atomic E-state index is 10.8. The van der Waals surface area contributed by atoms with Crippen LogP contribution in [0.3, 0.4) is 0 Å². The zero-order valence-electron chi connectivity index (χ0n) is 7.00. The van der Waals surface area contributed by atoms with E-state index in [1.165, 1.54) is 0 Å². The minimum atomic E-state index is -0.330. The van der Waals surface area contributed by atoms with E-state index in [0.717, 1.165) is 11.0 Å². The van der Waals surface area contributed by atoms with Crippen molar-refractivity contribution >= 4 is 28.5 Å². The fraction of sp³-hybridized carbons (Fsp3) is 0.857. The molecule has 5 heteroatoms. The van der Waals surface area contributed by atoms with Gasteiger partial charge < -0.3 is 5.73 Å². The van der Waals surface area contributed by atoms with Gasteiger partial charge in [-0.05, 0) is 6.92 Å². The summed E-state index contributed by atoms with van der Waals surface area (Å²) in [5.74, 6) is 0.205. The van der Waals surface area contributed by atoms with Gasteiger partial charge in [-0.2, -0.15) is 5.06 Å². The summed E-state index contributed by atoms with van der Waals surface area (Å²) in [5.41, 5.74) is 5.14. The number of rotatable bonds is 3. The van der Waals surface area contributed by atoms with Gasteiger partial charge in [0.25, 0.3) is 0 Å². The zero-order valence-corrected chi connectivity index (χ0v) is 9.15. The van der Waals surface area contributed by atoms with Crippen molar-refractivity contribution in [3.05, 3.63) is 0 Å². The van der Waals surface area contributed by atoms with Crippen LogP contribution in [0.15, 0.2) is 0 Å². The molecule has 1 rings (SSSR count). The number of hydroxylamine groups is 2. The molecule has 1 amide bonds. The van der Waals surface area contributed by atoms with Crippen molar-refractivity contribution in [1.82, 2.24) is 5.06 Å². The molecule has 0 radical (unpaired) electrons. The molecule has 0 spiro atoms. The van der Waals surface area contributed by atoms with Crippen molar-refractivity contribution in [2.45, 2.75) is 13.0 Å². The Bertz CT molecular complexity index is 177. The average molecular weight is 284 g/mol. The largest absolute Gasteiger partial charge is 0.368 e. The van der Waals surface area contributed by atoms with Gasteiger partial charge in [-0.25, -0.2) is 0 Å². The SMILES string of the molecule is C[C@@H](C(N)=O)N1C[C@@H](CI)CO1. The molecular formula is C7H13IN2O2. The van der Waals surface area contributed by atoms with Crippen molar-refractivity contribution < 1.29 is 9.63 Å². The van der Waals surface area contributed by atoms with Gasteiger partial charge in [-0.3, -0.25) is 9.63 Å². The van der Waals surface area contributed by atoms with Crippen LogP contribution in [0.2, 0.25) is 0 Å². The molecule has 1 aliphatic rings. The minimum Gasteiger partial charge on any atom is -0.368 e. The second kappa shape index (κ2) is 4.38. The number of primary amides is 1. The number of halogens is 1. The van der Waals surface area contributed by atoms with Gasteiger partial charge in [-0.15, -0.1) is 0 Å². The van der Waals surface area contributed by atoms with Gasteiger partial charge in [0.05, 0.1) is 6.61 Å². The number of carbonyl (C=O) groups is 1. The molecule has 0 bridgehead atoms. The van der Waals surface area contributed by atoms with E-state index in [-0.39, 0.29) is 11.9 Å². The molecule has 0 aromatic heterocycles. The summed E-state index contributed by atoms with van der Waals surface area (Å²) >= 11 is 2.32. The summed E-state index contributed by atoms with van der Waals surface area (Å²) in [6.07, 6.45) is 0. The molecule has 70 valence electrons. The number of hydrogen-bond donors (Lipinski definition) is 1. The van der Waals surface area contributed by atoms with Crippen LogP contribution in [0.5, 0.6) is 0 Å². The van der Waals surface area contributed by atoms with Crippen LogP contribution in [0, 0.1) is 5.92 Å². The topological polar surface area (TPSA) is 55.6 Å². The fourth-order valence-electron chi connectivity index (χ4n) is 1.07. The van der Waals surface area contributed by atoms with Crippen LogP contribution in [0.25, 0.3) is 0 Å². The first-order valence-electron chi connectivity index (χ1n) is 3.90. The Hall–Kier alpha value is 0.120. The van der Waals surface area contributed by atoms with Crippen LogP contribution in [-0.2, 0) is 9.63 Å². The molecule has 2 atom stereocenters. The fourth-order valence-corrected chi connectivity index (χ4v) is 1.60. The molecule has 0 unspecified atom stereocenters. The molecule has 0 aromatic rings. The lowest BCUT2D eigenvalue weighted by atomic mass is 10.2. The maximum absolute atomic E-state index is 10.8. The van der Waals surface area contributed by atoms with Gasteiger partial charge in [0.2, 0.25) is 5.91 Å². The Kier molecular flexibility index (Phi) is 3.73. The molecule has 1 fully saturated rings. The van der Waals surface area contributed by atoms with Crippen molar-refractivity contribution in [2.75, 3.05) is 17.6 Å². The summed E-state index contributed by atoms with van der Waals surface area (Å²) < 4.78 is 1.06. The van der Waals surface area contributed by atoms with E-state index in [9.17, 15) is 4.79 Å². The van der Waals surface area contributed by atoms with Gasteiger partial charge >= 0.3 is 0 Å². The molecule has 0 aliphatic carbocycles. The first-order valence-corrected chi connectivity index (χ1v) is 5.42. The van der Waals surface area contributed by atoms with Gasteiger partial charge in [0, 0.05) is 16.9 Å². The van der Waals surface area contributed by atoms with Crippen LogP contribution in [-0.4, -0.2) is 34.6 Å². The summed E-state index contributed by atoms with van der Waals surface area (Å²) in [7, 11) is 0. The third-order valence-corrected chi connectivity index (χ3v) is 3.22. The van der Waals surface area contributed by atoms with E-state index in [4.69, 9.17) is 10.6 Å². The molecule has 2 N–H and O–H groups in total. The number of carbonyl (C=O) groups excluding carboxylic acids is 1. The zero-order chi connectivity index (χ0) is 9.14. The first kappa shape index (κ1) is 10.2. The third kappa shape index (κ3) is 2.30. The summed E-state index contributed by atoms with van der Waals surface area (Å²) in [4.78, 5) is 16.1.